The van der Waals surface area contributed by atoms with Crippen molar-refractivity contribution in [3.05, 3.63) is 23.3 Å². The fourth-order valence-corrected chi connectivity index (χ4v) is 2.06. The molecule has 1 aromatic rings. The van der Waals surface area contributed by atoms with Gasteiger partial charge in [0.25, 0.3) is 0 Å². The summed E-state index contributed by atoms with van der Waals surface area (Å²) in [5.74, 6) is -0.408. The number of sulfonamides is 1. The van der Waals surface area contributed by atoms with Crippen molar-refractivity contribution in [2.24, 2.45) is 0 Å². The van der Waals surface area contributed by atoms with E-state index in [1.165, 1.54) is 12.1 Å². The van der Waals surface area contributed by atoms with Crippen LogP contribution in [0.3, 0.4) is 0 Å². The molecular weight excluding hydrogens is 241 g/mol. The maximum absolute atomic E-state index is 11.1. The SMILES string of the molecule is CC1(C)Oc2cccc(S([NH-])(=O)=O)c2O1.[Na+]. The predicted octanol–water partition coefficient (Wildman–Crippen LogP) is -1.06. The van der Waals surface area contributed by atoms with E-state index in [0.717, 1.165) is 0 Å². The maximum Gasteiger partial charge on any atom is 1.00 e. The van der Waals surface area contributed by atoms with Crippen LogP contribution in [-0.2, 0) is 10.0 Å². The molecular formula is C9H10NNaO4S. The van der Waals surface area contributed by atoms with Gasteiger partial charge in [-0.25, -0.2) is 8.42 Å². The van der Waals surface area contributed by atoms with Gasteiger partial charge in [-0.2, -0.15) is 0 Å². The molecule has 7 heteroatoms. The average Bonchev–Trinajstić information content (AvgIpc) is 2.35. The summed E-state index contributed by atoms with van der Waals surface area (Å²) in [5.41, 5.74) is 0. The Bertz CT molecular complexity index is 512. The molecule has 0 aliphatic carbocycles. The van der Waals surface area contributed by atoms with Crippen LogP contribution in [0.1, 0.15) is 13.8 Å². The molecule has 0 unspecified atom stereocenters. The normalized spacial score (nSPS) is 16.7. The van der Waals surface area contributed by atoms with Gasteiger partial charge in [-0.05, 0) is 12.1 Å². The van der Waals surface area contributed by atoms with Crippen LogP contribution in [-0.4, -0.2) is 14.2 Å². The fourth-order valence-electron chi connectivity index (χ4n) is 1.42. The molecule has 0 atom stereocenters. The van der Waals surface area contributed by atoms with E-state index in [1.807, 2.05) is 0 Å². The van der Waals surface area contributed by atoms with Gasteiger partial charge in [0.05, 0.1) is 4.90 Å². The van der Waals surface area contributed by atoms with E-state index in [-0.39, 0.29) is 40.2 Å². The standard InChI is InChI=1S/C9H10NO4S.Na/c1-9(2)13-6-4-3-5-7(8(6)14-9)15(10,11)12;/h3-5H,1-2H3,(H-,10,11,12);/q-1;+1. The van der Waals surface area contributed by atoms with Crippen molar-refractivity contribution in [2.75, 3.05) is 0 Å². The first-order chi connectivity index (χ1) is 6.80. The molecule has 0 saturated carbocycles. The van der Waals surface area contributed by atoms with Gasteiger partial charge < -0.3 is 14.6 Å². The molecule has 1 aromatic carbocycles. The van der Waals surface area contributed by atoms with Crippen molar-refractivity contribution in [1.82, 2.24) is 0 Å². The van der Waals surface area contributed by atoms with Crippen molar-refractivity contribution in [1.29, 1.82) is 0 Å². The summed E-state index contributed by atoms with van der Waals surface area (Å²) in [5, 5.41) is 7.01. The van der Waals surface area contributed by atoms with Gasteiger partial charge in [-0.3, -0.25) is 0 Å². The second-order valence-electron chi connectivity index (χ2n) is 3.69. The van der Waals surface area contributed by atoms with Crippen LogP contribution < -0.4 is 39.0 Å². The zero-order valence-corrected chi connectivity index (χ0v) is 12.1. The van der Waals surface area contributed by atoms with Crippen molar-refractivity contribution < 1.29 is 47.4 Å². The second kappa shape index (κ2) is 4.19. The summed E-state index contributed by atoms with van der Waals surface area (Å²) in [4.78, 5) is -0.162. The summed E-state index contributed by atoms with van der Waals surface area (Å²) in [6.07, 6.45) is 0. The first kappa shape index (κ1) is 13.8. The van der Waals surface area contributed by atoms with Crippen LogP contribution in [0.4, 0.5) is 0 Å². The molecule has 0 amide bonds. The van der Waals surface area contributed by atoms with E-state index in [1.54, 1.807) is 19.9 Å². The summed E-state index contributed by atoms with van der Waals surface area (Å²) >= 11 is 0. The third kappa shape index (κ3) is 2.52. The second-order valence-corrected chi connectivity index (χ2v) is 5.14. The third-order valence-corrected chi connectivity index (χ3v) is 2.84. The topological polar surface area (TPSA) is 76.4 Å². The van der Waals surface area contributed by atoms with Crippen LogP contribution >= 0.6 is 0 Å². The van der Waals surface area contributed by atoms with E-state index in [0.29, 0.717) is 5.75 Å². The maximum atomic E-state index is 11.1. The predicted molar refractivity (Wildman–Crippen MR) is 53.3 cm³/mol. The Kier molecular flexibility index (Phi) is 3.62. The quantitative estimate of drug-likeness (QED) is 0.596. The molecule has 0 spiro atoms. The van der Waals surface area contributed by atoms with Gasteiger partial charge in [-0.15, -0.1) is 0 Å². The molecule has 0 aromatic heterocycles. The summed E-state index contributed by atoms with van der Waals surface area (Å²) < 4.78 is 33.0. The third-order valence-electron chi connectivity index (χ3n) is 1.94. The monoisotopic (exact) mass is 251 g/mol. The van der Waals surface area contributed by atoms with E-state index in [9.17, 15) is 8.42 Å². The van der Waals surface area contributed by atoms with Crippen LogP contribution in [0.2, 0.25) is 0 Å². The van der Waals surface area contributed by atoms with Crippen molar-refractivity contribution in [3.63, 3.8) is 0 Å². The first-order valence-corrected chi connectivity index (χ1v) is 5.79. The molecule has 5 nitrogen and oxygen atoms in total. The van der Waals surface area contributed by atoms with Crippen molar-refractivity contribution in [2.45, 2.75) is 24.5 Å². The minimum Gasteiger partial charge on any atom is -0.560 e. The number of ether oxygens (including phenoxy) is 2. The molecule has 1 aliphatic rings. The van der Waals surface area contributed by atoms with Crippen LogP contribution in [0, 0.1) is 0 Å². The van der Waals surface area contributed by atoms with E-state index < -0.39 is 15.8 Å². The molecule has 1 aliphatic heterocycles. The van der Waals surface area contributed by atoms with E-state index >= 15 is 0 Å². The number of hydrogen-bond acceptors (Lipinski definition) is 4. The summed E-state index contributed by atoms with van der Waals surface area (Å²) in [6, 6.07) is 4.45. The molecule has 2 rings (SSSR count). The Morgan fingerprint density at radius 2 is 1.88 bits per heavy atom. The van der Waals surface area contributed by atoms with Gasteiger partial charge in [0, 0.05) is 13.8 Å². The largest absolute Gasteiger partial charge is 1.00 e. The van der Waals surface area contributed by atoms with Gasteiger partial charge in [-0.1, -0.05) is 6.07 Å². The Morgan fingerprint density at radius 3 is 2.44 bits per heavy atom. The minimum absolute atomic E-state index is 0. The van der Waals surface area contributed by atoms with Gasteiger partial charge in [0.1, 0.15) is 10.0 Å². The van der Waals surface area contributed by atoms with E-state index in [2.05, 4.69) is 0 Å². The zero-order chi connectivity index (χ0) is 11.3. The molecule has 0 fully saturated rings. The van der Waals surface area contributed by atoms with Crippen LogP contribution in [0.5, 0.6) is 11.5 Å². The zero-order valence-electron chi connectivity index (χ0n) is 9.27. The molecule has 1 heterocycles. The van der Waals surface area contributed by atoms with Gasteiger partial charge >= 0.3 is 29.6 Å². The molecule has 82 valence electrons. The number of benzene rings is 1. The number of rotatable bonds is 1. The molecule has 0 saturated heterocycles. The Balaban J connectivity index is 0.00000128. The molecule has 1 N–H and O–H groups in total. The van der Waals surface area contributed by atoms with Crippen LogP contribution in [0.15, 0.2) is 23.1 Å². The van der Waals surface area contributed by atoms with Crippen molar-refractivity contribution >= 4 is 10.0 Å². The van der Waals surface area contributed by atoms with Gasteiger partial charge in [0.15, 0.2) is 11.5 Å². The minimum atomic E-state index is -4.03. The fraction of sp³-hybridized carbons (Fsp3) is 0.333. The number of nitrogens with one attached hydrogen (secondary N) is 1. The number of fused-ring (bicyclic) bond motifs is 1. The number of para-hydroxylation sites is 1. The first-order valence-electron chi connectivity index (χ1n) is 4.30. The van der Waals surface area contributed by atoms with Gasteiger partial charge in [0.2, 0.25) is 5.79 Å². The Labute approximate surface area is 116 Å². The number of hydrogen-bond donors (Lipinski definition) is 0. The Morgan fingerprint density at radius 1 is 1.25 bits per heavy atom. The molecule has 0 bridgehead atoms. The molecule has 16 heavy (non-hydrogen) atoms. The summed E-state index contributed by atoms with van der Waals surface area (Å²) in [7, 11) is -4.03. The van der Waals surface area contributed by atoms with Crippen molar-refractivity contribution in [3.8, 4) is 11.5 Å². The Hall–Kier alpha value is -0.270. The van der Waals surface area contributed by atoms with Crippen LogP contribution in [0.25, 0.3) is 5.14 Å². The van der Waals surface area contributed by atoms with E-state index in [4.69, 9.17) is 14.6 Å². The smallest absolute Gasteiger partial charge is 0.560 e. The summed E-state index contributed by atoms with van der Waals surface area (Å²) in [6.45, 7) is 3.35. The average molecular weight is 251 g/mol. The molecule has 0 radical (unpaired) electrons.